The Labute approximate surface area is 170 Å². The van der Waals surface area contributed by atoms with Crippen LogP contribution >= 0.6 is 0 Å². The number of rotatable bonds is 9. The third kappa shape index (κ3) is 5.74. The van der Waals surface area contributed by atoms with Gasteiger partial charge in [-0.2, -0.15) is 5.10 Å². The molecule has 0 saturated heterocycles. The van der Waals surface area contributed by atoms with Crippen LogP contribution in [0.5, 0.6) is 0 Å². The molecule has 152 valence electrons. The number of amides is 1. The second-order valence-electron chi connectivity index (χ2n) is 7.22. The van der Waals surface area contributed by atoms with Gasteiger partial charge >= 0.3 is 0 Å². The van der Waals surface area contributed by atoms with E-state index in [9.17, 15) is 9.18 Å². The Bertz CT molecular complexity index is 919. The first-order valence-corrected chi connectivity index (χ1v) is 9.91. The van der Waals surface area contributed by atoms with E-state index < -0.39 is 0 Å². The number of nitrogens with zero attached hydrogens (tertiary/aromatic N) is 2. The van der Waals surface area contributed by atoms with E-state index in [1.807, 2.05) is 37.4 Å². The molecule has 3 aromatic rings. The Morgan fingerprint density at radius 2 is 1.79 bits per heavy atom. The molecule has 0 bridgehead atoms. The zero-order chi connectivity index (χ0) is 20.6. The molecule has 2 aromatic carbocycles. The molecule has 0 fully saturated rings. The fourth-order valence-electron chi connectivity index (χ4n) is 3.20. The van der Waals surface area contributed by atoms with Gasteiger partial charge in [0.05, 0.1) is 5.69 Å². The normalized spacial score (nSPS) is 10.9. The minimum absolute atomic E-state index is 0.0334. The highest BCUT2D eigenvalue weighted by molar-refractivity contribution is 5.94. The standard InChI is InChI=1S/C23H27FN4O/c1-28(23(29)19-8-6-17(16-25)7-9-19)14-4-2-3-5-21-15-22(27-26-21)18-10-12-20(24)13-11-18/h6-13,15H,2-5,14,16,25H2,1H3,(H,26,27). The summed E-state index contributed by atoms with van der Waals surface area (Å²) in [7, 11) is 1.84. The number of nitrogens with two attached hydrogens (primary N) is 1. The number of hydrogen-bond acceptors (Lipinski definition) is 3. The highest BCUT2D eigenvalue weighted by Gasteiger charge is 2.11. The predicted octanol–water partition coefficient (Wildman–Crippen LogP) is 4.16. The molecule has 0 atom stereocenters. The molecule has 3 rings (SSSR count). The summed E-state index contributed by atoms with van der Waals surface area (Å²) < 4.78 is 13.0. The maximum Gasteiger partial charge on any atom is 0.253 e. The van der Waals surface area contributed by atoms with Crippen LogP contribution in [0.4, 0.5) is 4.39 Å². The number of carbonyl (C=O) groups is 1. The number of aromatic amines is 1. The van der Waals surface area contributed by atoms with Crippen LogP contribution in [-0.2, 0) is 13.0 Å². The van der Waals surface area contributed by atoms with Crippen LogP contribution in [0.15, 0.2) is 54.6 Å². The maximum absolute atomic E-state index is 13.0. The second-order valence-corrected chi connectivity index (χ2v) is 7.22. The van der Waals surface area contributed by atoms with E-state index in [1.165, 1.54) is 12.1 Å². The van der Waals surface area contributed by atoms with Crippen molar-refractivity contribution in [2.45, 2.75) is 32.2 Å². The number of benzene rings is 2. The van der Waals surface area contributed by atoms with Gasteiger partial charge in [0.2, 0.25) is 0 Å². The lowest BCUT2D eigenvalue weighted by Crippen LogP contribution is -2.27. The van der Waals surface area contributed by atoms with E-state index in [0.29, 0.717) is 12.1 Å². The van der Waals surface area contributed by atoms with Crippen molar-refractivity contribution in [1.82, 2.24) is 15.1 Å². The number of aryl methyl sites for hydroxylation is 1. The van der Waals surface area contributed by atoms with Gasteiger partial charge in [0.25, 0.3) is 5.91 Å². The van der Waals surface area contributed by atoms with E-state index in [4.69, 9.17) is 5.73 Å². The number of aromatic nitrogens is 2. The highest BCUT2D eigenvalue weighted by Crippen LogP contribution is 2.19. The van der Waals surface area contributed by atoms with Gasteiger partial charge in [0, 0.05) is 37.0 Å². The Morgan fingerprint density at radius 1 is 1.07 bits per heavy atom. The third-order valence-electron chi connectivity index (χ3n) is 4.99. The number of carbonyl (C=O) groups excluding carboxylic acids is 1. The lowest BCUT2D eigenvalue weighted by atomic mass is 10.1. The number of hydrogen-bond donors (Lipinski definition) is 2. The minimum Gasteiger partial charge on any atom is -0.342 e. The van der Waals surface area contributed by atoms with Gasteiger partial charge in [0.1, 0.15) is 5.82 Å². The van der Waals surface area contributed by atoms with Crippen molar-refractivity contribution in [3.05, 3.63) is 77.2 Å². The number of unbranched alkanes of at least 4 members (excludes halogenated alkanes) is 2. The van der Waals surface area contributed by atoms with Gasteiger partial charge < -0.3 is 10.6 Å². The summed E-state index contributed by atoms with van der Waals surface area (Å²) in [6.45, 7) is 1.20. The van der Waals surface area contributed by atoms with Crippen LogP contribution < -0.4 is 5.73 Å². The molecule has 0 saturated carbocycles. The molecule has 29 heavy (non-hydrogen) atoms. The second kappa shape index (κ2) is 9.98. The summed E-state index contributed by atoms with van der Waals surface area (Å²) in [5.74, 6) is -0.216. The van der Waals surface area contributed by atoms with Gasteiger partial charge in [0.15, 0.2) is 0 Å². The summed E-state index contributed by atoms with van der Waals surface area (Å²) >= 11 is 0. The molecule has 0 spiro atoms. The van der Waals surface area contributed by atoms with Crippen LogP contribution in [-0.4, -0.2) is 34.6 Å². The molecule has 0 unspecified atom stereocenters. The molecule has 5 nitrogen and oxygen atoms in total. The highest BCUT2D eigenvalue weighted by atomic mass is 19.1. The molecular formula is C23H27FN4O. The van der Waals surface area contributed by atoms with Crippen molar-refractivity contribution >= 4 is 5.91 Å². The van der Waals surface area contributed by atoms with Crippen LogP contribution in [0.1, 0.15) is 40.9 Å². The van der Waals surface area contributed by atoms with Crippen molar-refractivity contribution in [3.63, 3.8) is 0 Å². The molecule has 1 amide bonds. The zero-order valence-corrected chi connectivity index (χ0v) is 16.7. The summed E-state index contributed by atoms with van der Waals surface area (Å²) in [4.78, 5) is 14.2. The average molecular weight is 394 g/mol. The summed E-state index contributed by atoms with van der Waals surface area (Å²) in [6, 6.07) is 15.8. The summed E-state index contributed by atoms with van der Waals surface area (Å²) in [5.41, 5.74) is 10.1. The van der Waals surface area contributed by atoms with Crippen LogP contribution in [0, 0.1) is 5.82 Å². The van der Waals surface area contributed by atoms with Crippen molar-refractivity contribution < 1.29 is 9.18 Å². The summed E-state index contributed by atoms with van der Waals surface area (Å²) in [6.07, 6.45) is 3.88. The topological polar surface area (TPSA) is 75.0 Å². The van der Waals surface area contributed by atoms with Crippen LogP contribution in [0.2, 0.25) is 0 Å². The maximum atomic E-state index is 13.0. The van der Waals surface area contributed by atoms with Crippen LogP contribution in [0.3, 0.4) is 0 Å². The van der Waals surface area contributed by atoms with Crippen molar-refractivity contribution in [3.8, 4) is 11.3 Å². The Balaban J connectivity index is 1.39. The SMILES string of the molecule is CN(CCCCCc1cc(-c2ccc(F)cc2)n[nH]1)C(=O)c1ccc(CN)cc1. The zero-order valence-electron chi connectivity index (χ0n) is 16.7. The van der Waals surface area contributed by atoms with Gasteiger partial charge in [-0.15, -0.1) is 0 Å². The Kier molecular flexibility index (Phi) is 7.14. The van der Waals surface area contributed by atoms with E-state index in [1.54, 1.807) is 17.0 Å². The lowest BCUT2D eigenvalue weighted by molar-refractivity contribution is 0.0792. The van der Waals surface area contributed by atoms with Crippen LogP contribution in [0.25, 0.3) is 11.3 Å². The first kappa shape index (κ1) is 20.7. The largest absolute Gasteiger partial charge is 0.342 e. The smallest absolute Gasteiger partial charge is 0.253 e. The van der Waals surface area contributed by atoms with Gasteiger partial charge in [-0.3, -0.25) is 9.89 Å². The molecular weight excluding hydrogens is 367 g/mol. The molecule has 1 aromatic heterocycles. The van der Waals surface area contributed by atoms with Gasteiger partial charge in [-0.1, -0.05) is 18.6 Å². The fourth-order valence-corrected chi connectivity index (χ4v) is 3.20. The molecule has 0 radical (unpaired) electrons. The number of nitrogens with one attached hydrogen (secondary N) is 1. The fraction of sp³-hybridized carbons (Fsp3) is 0.304. The Morgan fingerprint density at radius 3 is 2.48 bits per heavy atom. The van der Waals surface area contributed by atoms with Gasteiger partial charge in [-0.25, -0.2) is 4.39 Å². The van der Waals surface area contributed by atoms with E-state index in [2.05, 4.69) is 10.2 Å². The molecule has 0 aliphatic heterocycles. The summed E-state index contributed by atoms with van der Waals surface area (Å²) in [5, 5.41) is 7.35. The monoisotopic (exact) mass is 394 g/mol. The van der Waals surface area contributed by atoms with Crippen molar-refractivity contribution in [2.75, 3.05) is 13.6 Å². The molecule has 0 aliphatic carbocycles. The van der Waals surface area contributed by atoms with E-state index in [0.717, 1.165) is 54.7 Å². The first-order chi connectivity index (χ1) is 14.1. The molecule has 1 heterocycles. The first-order valence-electron chi connectivity index (χ1n) is 9.91. The molecule has 3 N–H and O–H groups in total. The van der Waals surface area contributed by atoms with E-state index in [-0.39, 0.29) is 11.7 Å². The van der Waals surface area contributed by atoms with E-state index >= 15 is 0 Å². The molecule has 6 heteroatoms. The third-order valence-corrected chi connectivity index (χ3v) is 4.99. The Hall–Kier alpha value is -2.99. The lowest BCUT2D eigenvalue weighted by Gasteiger charge is -2.17. The average Bonchev–Trinajstić information content (AvgIpc) is 3.22. The number of halogens is 1. The molecule has 0 aliphatic rings. The van der Waals surface area contributed by atoms with Gasteiger partial charge in [-0.05, 0) is 67.3 Å². The minimum atomic E-state index is -0.250. The predicted molar refractivity (Wildman–Crippen MR) is 113 cm³/mol. The quantitative estimate of drug-likeness (QED) is 0.535. The number of H-pyrrole nitrogens is 1. The van der Waals surface area contributed by atoms with Crippen molar-refractivity contribution in [2.24, 2.45) is 5.73 Å². The van der Waals surface area contributed by atoms with Crippen molar-refractivity contribution in [1.29, 1.82) is 0 Å².